The van der Waals surface area contributed by atoms with Crippen molar-refractivity contribution in [3.8, 4) is 6.07 Å². The monoisotopic (exact) mass is 310 g/mol. The quantitative estimate of drug-likeness (QED) is 0.870. The van der Waals surface area contributed by atoms with Gasteiger partial charge in [0.05, 0.1) is 17.3 Å². The van der Waals surface area contributed by atoms with Gasteiger partial charge in [0.15, 0.2) is 0 Å². The largest absolute Gasteiger partial charge is 0.296 e. The number of nitrogens with zero attached hydrogens (tertiary/aromatic N) is 4. The molecule has 2 aromatic rings. The minimum Gasteiger partial charge on any atom is -0.296 e. The maximum Gasteiger partial charge on any atom is 0.127 e. The Morgan fingerprint density at radius 2 is 1.78 bits per heavy atom. The molecule has 5 heteroatoms. The Labute approximate surface area is 135 Å². The third kappa shape index (κ3) is 4.13. The Morgan fingerprint density at radius 3 is 2.43 bits per heavy atom. The number of nitriles is 1. The maximum atomic E-state index is 13.9. The molecule has 0 radical (unpaired) electrons. The first-order valence-electron chi connectivity index (χ1n) is 7.78. The lowest BCUT2D eigenvalue weighted by Crippen LogP contribution is -2.45. The molecule has 1 aromatic carbocycles. The molecule has 23 heavy (non-hydrogen) atoms. The summed E-state index contributed by atoms with van der Waals surface area (Å²) in [5.41, 5.74) is 2.19. The van der Waals surface area contributed by atoms with Crippen molar-refractivity contribution in [2.45, 2.75) is 13.1 Å². The zero-order valence-electron chi connectivity index (χ0n) is 13.0. The number of piperazine rings is 1. The molecule has 2 heterocycles. The lowest BCUT2D eigenvalue weighted by Gasteiger charge is -2.34. The van der Waals surface area contributed by atoms with Gasteiger partial charge in [-0.15, -0.1) is 0 Å². The molecule has 0 unspecified atom stereocenters. The minimum atomic E-state index is -0.236. The summed E-state index contributed by atoms with van der Waals surface area (Å²) in [4.78, 5) is 8.95. The van der Waals surface area contributed by atoms with Crippen LogP contribution < -0.4 is 0 Å². The lowest BCUT2D eigenvalue weighted by molar-refractivity contribution is 0.120. The molecule has 1 fully saturated rings. The second kappa shape index (κ2) is 7.32. The van der Waals surface area contributed by atoms with Crippen LogP contribution in [0.3, 0.4) is 0 Å². The summed E-state index contributed by atoms with van der Waals surface area (Å²) >= 11 is 0. The van der Waals surface area contributed by atoms with Gasteiger partial charge in [0, 0.05) is 51.0 Å². The fourth-order valence-corrected chi connectivity index (χ4v) is 2.83. The normalized spacial score (nSPS) is 16.2. The standard InChI is InChI=1S/C18H19FN4/c19-18-5-4-15(12-20)11-16(18)13-22-7-9-23(10-8-22)14-17-3-1-2-6-21-17/h1-6,11H,7-10,13-14H2. The minimum absolute atomic E-state index is 0.236. The molecule has 0 bridgehead atoms. The number of pyridine rings is 1. The third-order valence-corrected chi connectivity index (χ3v) is 4.15. The molecule has 1 aromatic heterocycles. The molecule has 0 atom stereocenters. The number of rotatable bonds is 4. The van der Waals surface area contributed by atoms with Crippen molar-refractivity contribution in [3.63, 3.8) is 0 Å². The van der Waals surface area contributed by atoms with Gasteiger partial charge in [-0.1, -0.05) is 6.07 Å². The van der Waals surface area contributed by atoms with Gasteiger partial charge in [-0.3, -0.25) is 14.8 Å². The molecule has 0 amide bonds. The van der Waals surface area contributed by atoms with Crippen LogP contribution in [0.15, 0.2) is 42.6 Å². The number of hydrogen-bond donors (Lipinski definition) is 0. The molecule has 0 aliphatic carbocycles. The van der Waals surface area contributed by atoms with E-state index in [0.717, 1.165) is 38.4 Å². The van der Waals surface area contributed by atoms with Gasteiger partial charge in [0.1, 0.15) is 5.82 Å². The van der Waals surface area contributed by atoms with Crippen molar-refractivity contribution in [2.24, 2.45) is 0 Å². The first kappa shape index (κ1) is 15.6. The Kier molecular flexibility index (Phi) is 4.96. The van der Waals surface area contributed by atoms with Crippen molar-refractivity contribution < 1.29 is 4.39 Å². The average molecular weight is 310 g/mol. The molecule has 1 aliphatic rings. The first-order chi connectivity index (χ1) is 11.2. The Hall–Kier alpha value is -2.29. The fraction of sp³-hybridized carbons (Fsp3) is 0.333. The molecule has 118 valence electrons. The first-order valence-corrected chi connectivity index (χ1v) is 7.78. The number of hydrogen-bond acceptors (Lipinski definition) is 4. The van der Waals surface area contributed by atoms with Crippen LogP contribution in [0.1, 0.15) is 16.8 Å². The highest BCUT2D eigenvalue weighted by molar-refractivity contribution is 5.33. The molecular formula is C18H19FN4. The van der Waals surface area contributed by atoms with Crippen molar-refractivity contribution in [3.05, 3.63) is 65.2 Å². The molecule has 0 N–H and O–H groups in total. The Balaban J connectivity index is 1.54. The molecular weight excluding hydrogens is 291 g/mol. The van der Waals surface area contributed by atoms with Crippen LogP contribution in [0.4, 0.5) is 4.39 Å². The highest BCUT2D eigenvalue weighted by atomic mass is 19.1. The van der Waals surface area contributed by atoms with Crippen LogP contribution in [0.25, 0.3) is 0 Å². The number of halogens is 1. The van der Waals surface area contributed by atoms with Gasteiger partial charge < -0.3 is 0 Å². The van der Waals surface area contributed by atoms with E-state index < -0.39 is 0 Å². The summed E-state index contributed by atoms with van der Waals surface area (Å²) in [5, 5.41) is 8.94. The van der Waals surface area contributed by atoms with Crippen molar-refractivity contribution in [1.82, 2.24) is 14.8 Å². The van der Waals surface area contributed by atoms with E-state index in [9.17, 15) is 4.39 Å². The average Bonchev–Trinajstić information content (AvgIpc) is 2.59. The van der Waals surface area contributed by atoms with E-state index in [1.807, 2.05) is 24.4 Å². The van der Waals surface area contributed by atoms with Crippen LogP contribution in [0.2, 0.25) is 0 Å². The van der Waals surface area contributed by atoms with Crippen LogP contribution in [-0.4, -0.2) is 41.0 Å². The second-order valence-electron chi connectivity index (χ2n) is 5.79. The molecule has 1 aliphatic heterocycles. The zero-order chi connectivity index (χ0) is 16.1. The highest BCUT2D eigenvalue weighted by Crippen LogP contribution is 2.15. The zero-order valence-corrected chi connectivity index (χ0v) is 13.0. The van der Waals surface area contributed by atoms with Gasteiger partial charge in [0.25, 0.3) is 0 Å². The highest BCUT2D eigenvalue weighted by Gasteiger charge is 2.18. The fourth-order valence-electron chi connectivity index (χ4n) is 2.83. The SMILES string of the molecule is N#Cc1ccc(F)c(CN2CCN(Cc3ccccn3)CC2)c1. The van der Waals surface area contributed by atoms with E-state index in [2.05, 4.69) is 20.9 Å². The van der Waals surface area contributed by atoms with Gasteiger partial charge in [0.2, 0.25) is 0 Å². The van der Waals surface area contributed by atoms with E-state index in [4.69, 9.17) is 5.26 Å². The molecule has 4 nitrogen and oxygen atoms in total. The summed E-state index contributed by atoms with van der Waals surface area (Å²) in [7, 11) is 0. The van der Waals surface area contributed by atoms with E-state index in [1.54, 1.807) is 6.07 Å². The molecule has 0 spiro atoms. The van der Waals surface area contributed by atoms with E-state index in [1.165, 1.54) is 12.1 Å². The topological polar surface area (TPSA) is 43.2 Å². The predicted octanol–water partition coefficient (Wildman–Crippen LogP) is 2.41. The molecule has 3 rings (SSSR count). The lowest BCUT2D eigenvalue weighted by atomic mass is 10.1. The van der Waals surface area contributed by atoms with Crippen LogP contribution in [0.5, 0.6) is 0 Å². The summed E-state index contributed by atoms with van der Waals surface area (Å²) in [6.45, 7) is 5.07. The van der Waals surface area contributed by atoms with Crippen molar-refractivity contribution in [1.29, 1.82) is 5.26 Å². The van der Waals surface area contributed by atoms with Crippen molar-refractivity contribution in [2.75, 3.05) is 26.2 Å². The number of aromatic nitrogens is 1. The third-order valence-electron chi connectivity index (χ3n) is 4.15. The molecule has 0 saturated carbocycles. The van der Waals surface area contributed by atoms with Crippen molar-refractivity contribution >= 4 is 0 Å². The smallest absolute Gasteiger partial charge is 0.127 e. The van der Waals surface area contributed by atoms with Crippen LogP contribution >= 0.6 is 0 Å². The van der Waals surface area contributed by atoms with Crippen LogP contribution in [0, 0.1) is 17.1 Å². The predicted molar refractivity (Wildman–Crippen MR) is 85.9 cm³/mol. The Morgan fingerprint density at radius 1 is 1.04 bits per heavy atom. The molecule has 1 saturated heterocycles. The second-order valence-corrected chi connectivity index (χ2v) is 5.79. The van der Waals surface area contributed by atoms with Crippen LogP contribution in [-0.2, 0) is 13.1 Å². The van der Waals surface area contributed by atoms with E-state index >= 15 is 0 Å². The summed E-state index contributed by atoms with van der Waals surface area (Å²) < 4.78 is 13.9. The van der Waals surface area contributed by atoms with E-state index in [-0.39, 0.29) is 5.82 Å². The van der Waals surface area contributed by atoms with Gasteiger partial charge >= 0.3 is 0 Å². The Bertz CT molecular complexity index is 688. The number of benzene rings is 1. The summed E-state index contributed by atoms with van der Waals surface area (Å²) in [5.74, 6) is -0.236. The van der Waals surface area contributed by atoms with E-state index in [0.29, 0.717) is 17.7 Å². The van der Waals surface area contributed by atoms with Gasteiger partial charge in [-0.25, -0.2) is 4.39 Å². The maximum absolute atomic E-state index is 13.9. The van der Waals surface area contributed by atoms with Gasteiger partial charge in [-0.05, 0) is 30.3 Å². The summed E-state index contributed by atoms with van der Waals surface area (Å²) in [6, 6.07) is 12.6. The van der Waals surface area contributed by atoms with Gasteiger partial charge in [-0.2, -0.15) is 5.26 Å². The summed E-state index contributed by atoms with van der Waals surface area (Å²) in [6.07, 6.45) is 1.82.